The van der Waals surface area contributed by atoms with Crippen LogP contribution in [0.1, 0.15) is 31.2 Å². The molecule has 4 N–H and O–H groups in total. The van der Waals surface area contributed by atoms with E-state index in [0.29, 0.717) is 6.54 Å². The van der Waals surface area contributed by atoms with Gasteiger partial charge in [0.15, 0.2) is 0 Å². The third-order valence-electron chi connectivity index (χ3n) is 3.63. The zero-order chi connectivity index (χ0) is 13.7. The van der Waals surface area contributed by atoms with Gasteiger partial charge in [-0.15, -0.1) is 0 Å². The smallest absolute Gasteiger partial charge is 0.315 e. The number of rotatable bonds is 4. The van der Waals surface area contributed by atoms with Crippen LogP contribution in [0.15, 0.2) is 24.3 Å². The van der Waals surface area contributed by atoms with Crippen molar-refractivity contribution in [2.45, 2.75) is 37.8 Å². The van der Waals surface area contributed by atoms with Gasteiger partial charge in [0.1, 0.15) is 5.75 Å². The summed E-state index contributed by atoms with van der Waals surface area (Å²) in [5.41, 5.74) is 0.469. The van der Waals surface area contributed by atoms with Crippen LogP contribution in [-0.2, 0) is 6.54 Å². The van der Waals surface area contributed by atoms with Gasteiger partial charge in [0.2, 0.25) is 0 Å². The van der Waals surface area contributed by atoms with Crippen molar-refractivity contribution in [2.75, 3.05) is 6.61 Å². The normalized spacial score (nSPS) is 17.1. The summed E-state index contributed by atoms with van der Waals surface area (Å²) in [6, 6.07) is 6.42. The third kappa shape index (κ3) is 3.61. The van der Waals surface area contributed by atoms with Crippen molar-refractivity contribution >= 4 is 6.03 Å². The van der Waals surface area contributed by atoms with Crippen molar-refractivity contribution in [2.24, 2.45) is 0 Å². The lowest BCUT2D eigenvalue weighted by Gasteiger charge is -2.28. The maximum atomic E-state index is 11.8. The molecule has 0 aromatic heterocycles. The summed E-state index contributed by atoms with van der Waals surface area (Å²) < 4.78 is 0. The van der Waals surface area contributed by atoms with Crippen molar-refractivity contribution in [1.82, 2.24) is 10.6 Å². The number of aliphatic hydroxyl groups is 1. The number of hydrogen-bond acceptors (Lipinski definition) is 3. The van der Waals surface area contributed by atoms with E-state index >= 15 is 0 Å². The summed E-state index contributed by atoms with van der Waals surface area (Å²) in [5.74, 6) is 0.207. The lowest BCUT2D eigenvalue weighted by Crippen LogP contribution is -2.52. The van der Waals surface area contributed by atoms with Gasteiger partial charge in [-0.05, 0) is 30.5 Å². The Morgan fingerprint density at radius 3 is 2.42 bits per heavy atom. The fraction of sp³-hybridized carbons (Fsp3) is 0.500. The Bertz CT molecular complexity index is 425. The fourth-order valence-corrected chi connectivity index (χ4v) is 2.46. The second kappa shape index (κ2) is 5.93. The van der Waals surface area contributed by atoms with Crippen molar-refractivity contribution in [3.63, 3.8) is 0 Å². The molecule has 0 heterocycles. The molecule has 0 saturated heterocycles. The Balaban J connectivity index is 1.82. The lowest BCUT2D eigenvalue weighted by molar-refractivity contribution is 0.163. The van der Waals surface area contributed by atoms with Gasteiger partial charge < -0.3 is 20.8 Å². The lowest BCUT2D eigenvalue weighted by atomic mass is 9.99. The van der Waals surface area contributed by atoms with Gasteiger partial charge in [-0.1, -0.05) is 25.0 Å². The van der Waals surface area contributed by atoms with E-state index < -0.39 is 5.54 Å². The molecule has 0 bridgehead atoms. The number of hydrogen-bond donors (Lipinski definition) is 4. The molecule has 2 rings (SSSR count). The third-order valence-corrected chi connectivity index (χ3v) is 3.63. The van der Waals surface area contributed by atoms with E-state index in [1.54, 1.807) is 24.3 Å². The number of urea groups is 1. The first-order chi connectivity index (χ1) is 9.13. The minimum Gasteiger partial charge on any atom is -0.508 e. The summed E-state index contributed by atoms with van der Waals surface area (Å²) >= 11 is 0. The summed E-state index contributed by atoms with van der Waals surface area (Å²) in [6.07, 6.45) is 3.74. The summed E-state index contributed by atoms with van der Waals surface area (Å²) in [5, 5.41) is 24.2. The van der Waals surface area contributed by atoms with Crippen LogP contribution in [0, 0.1) is 0 Å². The molecule has 1 aromatic carbocycles. The number of nitrogens with one attached hydrogen (secondary N) is 2. The van der Waals surface area contributed by atoms with Crippen molar-refractivity contribution < 1.29 is 15.0 Å². The Labute approximate surface area is 112 Å². The van der Waals surface area contributed by atoms with Gasteiger partial charge >= 0.3 is 6.03 Å². The summed E-state index contributed by atoms with van der Waals surface area (Å²) in [7, 11) is 0. The molecule has 1 aliphatic rings. The Hall–Kier alpha value is -1.75. The zero-order valence-corrected chi connectivity index (χ0v) is 10.9. The molecule has 5 nitrogen and oxygen atoms in total. The van der Waals surface area contributed by atoms with Crippen LogP contribution in [0.25, 0.3) is 0 Å². The topological polar surface area (TPSA) is 81.6 Å². The number of carbonyl (C=O) groups excluding carboxylic acids is 1. The Morgan fingerprint density at radius 2 is 1.84 bits per heavy atom. The predicted molar refractivity (Wildman–Crippen MR) is 71.8 cm³/mol. The first-order valence-corrected chi connectivity index (χ1v) is 6.58. The molecule has 1 aliphatic carbocycles. The number of carbonyl (C=O) groups is 1. The highest BCUT2D eigenvalue weighted by Gasteiger charge is 2.34. The first-order valence-electron chi connectivity index (χ1n) is 6.58. The van der Waals surface area contributed by atoms with Crippen LogP contribution < -0.4 is 10.6 Å². The minimum atomic E-state index is -0.445. The highest BCUT2D eigenvalue weighted by molar-refractivity contribution is 5.74. The van der Waals surface area contributed by atoms with Gasteiger partial charge in [-0.2, -0.15) is 0 Å². The van der Waals surface area contributed by atoms with Crippen LogP contribution in [0.5, 0.6) is 5.75 Å². The Kier molecular flexibility index (Phi) is 4.27. The van der Waals surface area contributed by atoms with Crippen molar-refractivity contribution in [3.05, 3.63) is 29.8 Å². The van der Waals surface area contributed by atoms with E-state index in [1.807, 2.05) is 0 Å². The van der Waals surface area contributed by atoms with Gasteiger partial charge in [0.05, 0.1) is 12.1 Å². The zero-order valence-electron chi connectivity index (χ0n) is 10.9. The van der Waals surface area contributed by atoms with Gasteiger partial charge in [0.25, 0.3) is 0 Å². The molecule has 2 amide bonds. The van der Waals surface area contributed by atoms with Crippen molar-refractivity contribution in [1.29, 1.82) is 0 Å². The Morgan fingerprint density at radius 1 is 1.21 bits per heavy atom. The maximum Gasteiger partial charge on any atom is 0.315 e. The number of amides is 2. The average molecular weight is 264 g/mol. The van der Waals surface area contributed by atoms with E-state index in [-0.39, 0.29) is 18.4 Å². The molecule has 104 valence electrons. The molecule has 0 spiro atoms. The molecular weight excluding hydrogens is 244 g/mol. The highest BCUT2D eigenvalue weighted by atomic mass is 16.3. The molecule has 5 heteroatoms. The van der Waals surface area contributed by atoms with Crippen LogP contribution in [0.2, 0.25) is 0 Å². The monoisotopic (exact) mass is 264 g/mol. The van der Waals surface area contributed by atoms with Crippen LogP contribution in [-0.4, -0.2) is 28.4 Å². The molecule has 19 heavy (non-hydrogen) atoms. The number of phenolic OH excluding ortho intramolecular Hbond substituents is 1. The van der Waals surface area contributed by atoms with E-state index in [0.717, 1.165) is 31.2 Å². The summed E-state index contributed by atoms with van der Waals surface area (Å²) in [6.45, 7) is 0.382. The van der Waals surface area contributed by atoms with Crippen LogP contribution in [0.4, 0.5) is 4.79 Å². The quantitative estimate of drug-likeness (QED) is 0.665. The van der Waals surface area contributed by atoms with Gasteiger partial charge in [0, 0.05) is 6.54 Å². The van der Waals surface area contributed by atoms with E-state index in [1.165, 1.54) is 0 Å². The number of benzene rings is 1. The molecule has 0 atom stereocenters. The van der Waals surface area contributed by atoms with Crippen molar-refractivity contribution in [3.8, 4) is 5.75 Å². The van der Waals surface area contributed by atoms with E-state index in [4.69, 9.17) is 5.11 Å². The molecule has 1 fully saturated rings. The average Bonchev–Trinajstić information content (AvgIpc) is 2.87. The van der Waals surface area contributed by atoms with Crippen LogP contribution in [0.3, 0.4) is 0 Å². The van der Waals surface area contributed by atoms with Gasteiger partial charge in [-0.25, -0.2) is 4.79 Å². The molecule has 0 radical (unpaired) electrons. The fourth-order valence-electron chi connectivity index (χ4n) is 2.46. The first kappa shape index (κ1) is 13.7. The molecule has 0 unspecified atom stereocenters. The van der Waals surface area contributed by atoms with E-state index in [9.17, 15) is 9.90 Å². The minimum absolute atomic E-state index is 0.0143. The summed E-state index contributed by atoms with van der Waals surface area (Å²) in [4.78, 5) is 11.8. The molecule has 1 aromatic rings. The predicted octanol–water partition coefficient (Wildman–Crippen LogP) is 1.50. The number of phenols is 1. The second-order valence-corrected chi connectivity index (χ2v) is 5.12. The largest absolute Gasteiger partial charge is 0.508 e. The SMILES string of the molecule is O=C(NCc1ccc(O)cc1)NC1(CO)CCCC1. The highest BCUT2D eigenvalue weighted by Crippen LogP contribution is 2.28. The number of aromatic hydroxyl groups is 1. The number of aliphatic hydroxyl groups excluding tert-OH is 1. The molecule has 1 saturated carbocycles. The van der Waals surface area contributed by atoms with Gasteiger partial charge in [-0.3, -0.25) is 0 Å². The standard InChI is InChI=1S/C14H20N2O3/c17-10-14(7-1-2-8-14)16-13(19)15-9-11-3-5-12(18)6-4-11/h3-6,17-18H,1-2,7-10H2,(H2,15,16,19). The maximum absolute atomic E-state index is 11.8. The van der Waals surface area contributed by atoms with E-state index in [2.05, 4.69) is 10.6 Å². The molecule has 0 aliphatic heterocycles. The molecular formula is C14H20N2O3. The van der Waals surface area contributed by atoms with Crippen LogP contribution >= 0.6 is 0 Å². The second-order valence-electron chi connectivity index (χ2n) is 5.12.